The molecule has 2 aromatic heterocycles. The van der Waals surface area contributed by atoms with Gasteiger partial charge in [0.05, 0.1) is 12.1 Å². The molecular weight excluding hydrogens is 240 g/mol. The Bertz CT molecular complexity index is 521. The van der Waals surface area contributed by atoms with Crippen LogP contribution in [0.1, 0.15) is 16.2 Å². The van der Waals surface area contributed by atoms with Gasteiger partial charge in [0.15, 0.2) is 0 Å². The monoisotopic (exact) mass is 250 g/mol. The molecule has 2 rings (SSSR count). The molecule has 6 heteroatoms. The minimum Gasteiger partial charge on any atom is -0.345 e. The lowest BCUT2D eigenvalue weighted by atomic mass is 10.3. The van der Waals surface area contributed by atoms with Crippen LogP contribution in [0.15, 0.2) is 30.7 Å². The minimum absolute atomic E-state index is 0.197. The smallest absolute Gasteiger partial charge is 0.253 e. The maximum atomic E-state index is 11.7. The quantitative estimate of drug-likeness (QED) is 0.838. The van der Waals surface area contributed by atoms with Crippen LogP contribution in [0.2, 0.25) is 5.15 Å². The Morgan fingerprint density at radius 3 is 2.88 bits per heavy atom. The van der Waals surface area contributed by atoms with Crippen LogP contribution in [0, 0.1) is 0 Å². The van der Waals surface area contributed by atoms with Crippen LogP contribution < -0.4 is 5.32 Å². The molecule has 0 aromatic carbocycles. The number of imidazole rings is 1. The first kappa shape index (κ1) is 11.6. The molecule has 0 saturated carbocycles. The van der Waals surface area contributed by atoms with Crippen LogP contribution in [0.3, 0.4) is 0 Å². The van der Waals surface area contributed by atoms with E-state index in [-0.39, 0.29) is 5.91 Å². The number of aryl methyl sites for hydroxylation is 1. The van der Waals surface area contributed by atoms with Crippen LogP contribution in [-0.4, -0.2) is 20.4 Å². The predicted octanol–water partition coefficient (Wildman–Crippen LogP) is 1.40. The van der Waals surface area contributed by atoms with E-state index in [1.54, 1.807) is 18.3 Å². The van der Waals surface area contributed by atoms with Gasteiger partial charge < -0.3 is 9.88 Å². The summed E-state index contributed by atoms with van der Waals surface area (Å²) >= 11 is 5.64. The van der Waals surface area contributed by atoms with Crippen molar-refractivity contribution in [3.8, 4) is 0 Å². The van der Waals surface area contributed by atoms with Gasteiger partial charge in [-0.15, -0.1) is 0 Å². The highest BCUT2D eigenvalue weighted by Crippen LogP contribution is 2.05. The number of hydrogen-bond donors (Lipinski definition) is 1. The fourth-order valence-electron chi connectivity index (χ4n) is 1.34. The van der Waals surface area contributed by atoms with Gasteiger partial charge in [0.1, 0.15) is 11.0 Å². The second-order valence-electron chi connectivity index (χ2n) is 3.51. The first-order valence-electron chi connectivity index (χ1n) is 5.03. The van der Waals surface area contributed by atoms with Crippen LogP contribution >= 0.6 is 11.6 Å². The van der Waals surface area contributed by atoms with Gasteiger partial charge in [0, 0.05) is 25.6 Å². The molecule has 0 aliphatic heterocycles. The molecule has 1 N–H and O–H groups in total. The van der Waals surface area contributed by atoms with E-state index < -0.39 is 0 Å². The van der Waals surface area contributed by atoms with Crippen molar-refractivity contribution < 1.29 is 4.79 Å². The third kappa shape index (κ3) is 2.82. The van der Waals surface area contributed by atoms with E-state index in [0.717, 1.165) is 5.82 Å². The highest BCUT2D eigenvalue weighted by Gasteiger charge is 2.07. The zero-order chi connectivity index (χ0) is 12.3. The molecule has 1 amide bonds. The second kappa shape index (κ2) is 4.97. The van der Waals surface area contributed by atoms with E-state index >= 15 is 0 Å². The van der Waals surface area contributed by atoms with E-state index in [2.05, 4.69) is 15.3 Å². The van der Waals surface area contributed by atoms with E-state index in [4.69, 9.17) is 11.6 Å². The number of rotatable bonds is 3. The van der Waals surface area contributed by atoms with E-state index in [0.29, 0.717) is 17.3 Å². The molecule has 0 fully saturated rings. The van der Waals surface area contributed by atoms with Crippen molar-refractivity contribution in [3.63, 3.8) is 0 Å². The molecule has 0 atom stereocenters. The third-order valence-electron chi connectivity index (χ3n) is 2.32. The lowest BCUT2D eigenvalue weighted by molar-refractivity contribution is 0.0949. The fraction of sp³-hybridized carbons (Fsp3) is 0.182. The van der Waals surface area contributed by atoms with Gasteiger partial charge in [-0.25, -0.2) is 9.97 Å². The Hall–Kier alpha value is -1.88. The number of nitrogens with one attached hydrogen (secondary N) is 1. The summed E-state index contributed by atoms with van der Waals surface area (Å²) in [5.74, 6) is 0.595. The number of nitrogens with zero attached hydrogens (tertiary/aromatic N) is 3. The zero-order valence-electron chi connectivity index (χ0n) is 9.22. The number of aromatic nitrogens is 3. The number of hydrogen-bond acceptors (Lipinski definition) is 3. The molecule has 88 valence electrons. The second-order valence-corrected chi connectivity index (χ2v) is 3.89. The van der Waals surface area contributed by atoms with Gasteiger partial charge in [0.2, 0.25) is 0 Å². The maximum Gasteiger partial charge on any atom is 0.253 e. The summed E-state index contributed by atoms with van der Waals surface area (Å²) in [7, 11) is 1.87. The number of carbonyl (C=O) groups excluding carboxylic acids is 1. The lowest BCUT2D eigenvalue weighted by Crippen LogP contribution is -2.24. The lowest BCUT2D eigenvalue weighted by Gasteiger charge is -2.05. The minimum atomic E-state index is -0.197. The van der Waals surface area contributed by atoms with Crippen molar-refractivity contribution in [2.45, 2.75) is 6.54 Å². The topological polar surface area (TPSA) is 59.8 Å². The van der Waals surface area contributed by atoms with Gasteiger partial charge in [-0.1, -0.05) is 11.6 Å². The van der Waals surface area contributed by atoms with E-state index in [9.17, 15) is 4.79 Å². The Kier molecular flexibility index (Phi) is 3.39. The average molecular weight is 251 g/mol. The normalized spacial score (nSPS) is 10.2. The van der Waals surface area contributed by atoms with Crippen molar-refractivity contribution in [3.05, 3.63) is 47.3 Å². The Morgan fingerprint density at radius 1 is 1.47 bits per heavy atom. The molecule has 2 aromatic rings. The Morgan fingerprint density at radius 2 is 2.29 bits per heavy atom. The summed E-state index contributed by atoms with van der Waals surface area (Å²) < 4.78 is 1.85. The first-order chi connectivity index (χ1) is 8.16. The van der Waals surface area contributed by atoms with E-state index in [1.165, 1.54) is 6.20 Å². The van der Waals surface area contributed by atoms with Crippen LogP contribution in [0.25, 0.3) is 0 Å². The van der Waals surface area contributed by atoms with Crippen molar-refractivity contribution in [1.82, 2.24) is 19.9 Å². The maximum absolute atomic E-state index is 11.7. The molecule has 0 bridgehead atoms. The van der Waals surface area contributed by atoms with Crippen molar-refractivity contribution in [1.29, 1.82) is 0 Å². The fourth-order valence-corrected chi connectivity index (χ4v) is 1.45. The van der Waals surface area contributed by atoms with Gasteiger partial charge >= 0.3 is 0 Å². The summed E-state index contributed by atoms with van der Waals surface area (Å²) in [4.78, 5) is 19.7. The summed E-state index contributed by atoms with van der Waals surface area (Å²) in [5.41, 5.74) is 0.476. The molecule has 0 aliphatic carbocycles. The van der Waals surface area contributed by atoms with Crippen molar-refractivity contribution in [2.24, 2.45) is 7.05 Å². The summed E-state index contributed by atoms with van der Waals surface area (Å²) in [6.45, 7) is 0.380. The van der Waals surface area contributed by atoms with Crippen LogP contribution in [-0.2, 0) is 13.6 Å². The average Bonchev–Trinajstić information content (AvgIpc) is 2.73. The van der Waals surface area contributed by atoms with Gasteiger partial charge in [0.25, 0.3) is 5.91 Å². The molecule has 0 unspecified atom stereocenters. The highest BCUT2D eigenvalue weighted by atomic mass is 35.5. The van der Waals surface area contributed by atoms with Crippen LogP contribution in [0.5, 0.6) is 0 Å². The molecule has 17 heavy (non-hydrogen) atoms. The largest absolute Gasteiger partial charge is 0.345 e. The number of pyridine rings is 1. The predicted molar refractivity (Wildman–Crippen MR) is 63.6 cm³/mol. The standard InChI is InChI=1S/C11H11ClN4O/c1-16-5-4-13-10(16)7-15-11(17)8-2-3-9(12)14-6-8/h2-6H,7H2,1H3,(H,15,17). The molecule has 2 heterocycles. The third-order valence-corrected chi connectivity index (χ3v) is 2.54. The van der Waals surface area contributed by atoms with Crippen molar-refractivity contribution >= 4 is 17.5 Å². The molecule has 0 aliphatic rings. The Balaban J connectivity index is 1.98. The number of halogens is 1. The molecular formula is C11H11ClN4O. The highest BCUT2D eigenvalue weighted by molar-refractivity contribution is 6.29. The zero-order valence-corrected chi connectivity index (χ0v) is 9.98. The van der Waals surface area contributed by atoms with Gasteiger partial charge in [-0.3, -0.25) is 4.79 Å². The van der Waals surface area contributed by atoms with Gasteiger partial charge in [-0.05, 0) is 12.1 Å². The van der Waals surface area contributed by atoms with Gasteiger partial charge in [-0.2, -0.15) is 0 Å². The summed E-state index contributed by atoms with van der Waals surface area (Å²) in [5, 5.41) is 3.12. The summed E-state index contributed by atoms with van der Waals surface area (Å²) in [6.07, 6.45) is 4.95. The van der Waals surface area contributed by atoms with E-state index in [1.807, 2.05) is 17.8 Å². The molecule has 0 saturated heterocycles. The molecule has 0 radical (unpaired) electrons. The number of amides is 1. The van der Waals surface area contributed by atoms with Crippen LogP contribution in [0.4, 0.5) is 0 Å². The Labute approximate surface area is 103 Å². The molecule has 5 nitrogen and oxygen atoms in total. The van der Waals surface area contributed by atoms with Crippen molar-refractivity contribution in [2.75, 3.05) is 0 Å². The number of carbonyl (C=O) groups is 1. The SMILES string of the molecule is Cn1ccnc1CNC(=O)c1ccc(Cl)nc1. The summed E-state index contributed by atoms with van der Waals surface area (Å²) in [6, 6.07) is 3.21. The first-order valence-corrected chi connectivity index (χ1v) is 5.40. The molecule has 0 spiro atoms.